The number of nitrogens with zero attached hydrogens (tertiary/aromatic N) is 1. The van der Waals surface area contributed by atoms with Gasteiger partial charge in [-0.3, -0.25) is 0 Å². The van der Waals surface area contributed by atoms with E-state index in [-0.39, 0.29) is 5.82 Å². The second kappa shape index (κ2) is 4.06. The SMILES string of the molecule is Fc1ccccc1N1CCN[C@@H]2CCC[C@H]21. The summed E-state index contributed by atoms with van der Waals surface area (Å²) >= 11 is 0. The Balaban J connectivity index is 1.91. The minimum atomic E-state index is -0.0879. The Labute approximate surface area is 95.4 Å². The first-order valence-electron chi connectivity index (χ1n) is 6.11. The molecule has 3 rings (SSSR count). The van der Waals surface area contributed by atoms with Crippen molar-refractivity contribution >= 4 is 5.69 Å². The van der Waals surface area contributed by atoms with Crippen LogP contribution in [0.1, 0.15) is 19.3 Å². The summed E-state index contributed by atoms with van der Waals surface area (Å²) in [6, 6.07) is 8.19. The van der Waals surface area contributed by atoms with Crippen LogP contribution < -0.4 is 10.2 Å². The van der Waals surface area contributed by atoms with E-state index in [1.807, 2.05) is 12.1 Å². The minimum absolute atomic E-state index is 0.0879. The molecule has 0 amide bonds. The number of piperazine rings is 1. The van der Waals surface area contributed by atoms with E-state index in [0.29, 0.717) is 12.1 Å². The monoisotopic (exact) mass is 220 g/mol. The molecule has 2 nitrogen and oxygen atoms in total. The van der Waals surface area contributed by atoms with Crippen molar-refractivity contribution in [2.75, 3.05) is 18.0 Å². The fourth-order valence-corrected chi connectivity index (χ4v) is 3.07. The van der Waals surface area contributed by atoms with Crippen LogP contribution in [0.15, 0.2) is 24.3 Å². The average Bonchev–Trinajstić information content (AvgIpc) is 2.77. The molecule has 1 aromatic carbocycles. The molecule has 0 spiro atoms. The van der Waals surface area contributed by atoms with Crippen LogP contribution in [0, 0.1) is 5.82 Å². The zero-order chi connectivity index (χ0) is 11.0. The van der Waals surface area contributed by atoms with Crippen LogP contribution in [0.3, 0.4) is 0 Å². The lowest BCUT2D eigenvalue weighted by Gasteiger charge is -2.40. The van der Waals surface area contributed by atoms with Crippen molar-refractivity contribution in [1.29, 1.82) is 0 Å². The second-order valence-electron chi connectivity index (χ2n) is 4.70. The standard InChI is InChI=1S/C13H17FN2/c14-10-4-1-2-6-12(10)16-9-8-15-11-5-3-7-13(11)16/h1-2,4,6,11,13,15H,3,5,7-9H2/t11-,13-/m1/s1. The first kappa shape index (κ1) is 10.1. The highest BCUT2D eigenvalue weighted by Gasteiger charge is 2.35. The molecule has 1 saturated heterocycles. The fraction of sp³-hybridized carbons (Fsp3) is 0.538. The summed E-state index contributed by atoms with van der Waals surface area (Å²) in [7, 11) is 0. The number of hydrogen-bond acceptors (Lipinski definition) is 2. The van der Waals surface area contributed by atoms with E-state index in [1.165, 1.54) is 19.3 Å². The number of benzene rings is 1. The lowest BCUT2D eigenvalue weighted by atomic mass is 10.1. The van der Waals surface area contributed by atoms with E-state index < -0.39 is 0 Å². The predicted molar refractivity (Wildman–Crippen MR) is 63.2 cm³/mol. The van der Waals surface area contributed by atoms with Gasteiger partial charge in [0.25, 0.3) is 0 Å². The van der Waals surface area contributed by atoms with Gasteiger partial charge in [0.05, 0.1) is 5.69 Å². The Morgan fingerprint density at radius 3 is 3.00 bits per heavy atom. The van der Waals surface area contributed by atoms with Gasteiger partial charge in [0.2, 0.25) is 0 Å². The van der Waals surface area contributed by atoms with Gasteiger partial charge in [-0.25, -0.2) is 4.39 Å². The van der Waals surface area contributed by atoms with E-state index in [0.717, 1.165) is 18.8 Å². The molecule has 2 fully saturated rings. The fourth-order valence-electron chi connectivity index (χ4n) is 3.07. The summed E-state index contributed by atoms with van der Waals surface area (Å²) in [5, 5.41) is 3.54. The quantitative estimate of drug-likeness (QED) is 0.780. The Hall–Kier alpha value is -1.09. The van der Waals surface area contributed by atoms with Crippen molar-refractivity contribution in [3.05, 3.63) is 30.1 Å². The Morgan fingerprint density at radius 1 is 1.25 bits per heavy atom. The van der Waals surface area contributed by atoms with Crippen LogP contribution in [0.25, 0.3) is 0 Å². The van der Waals surface area contributed by atoms with Gasteiger partial charge in [0, 0.05) is 25.2 Å². The smallest absolute Gasteiger partial charge is 0.146 e. The maximum Gasteiger partial charge on any atom is 0.146 e. The highest BCUT2D eigenvalue weighted by molar-refractivity contribution is 5.49. The molecular weight excluding hydrogens is 203 g/mol. The molecule has 2 atom stereocenters. The summed E-state index contributed by atoms with van der Waals surface area (Å²) in [6.45, 7) is 1.89. The van der Waals surface area contributed by atoms with Gasteiger partial charge in [-0.1, -0.05) is 12.1 Å². The van der Waals surface area contributed by atoms with E-state index in [1.54, 1.807) is 12.1 Å². The molecule has 3 heteroatoms. The number of halogens is 1. The van der Waals surface area contributed by atoms with Crippen molar-refractivity contribution in [1.82, 2.24) is 5.32 Å². The van der Waals surface area contributed by atoms with Gasteiger partial charge in [-0.05, 0) is 31.4 Å². The van der Waals surface area contributed by atoms with Crippen LogP contribution in [-0.4, -0.2) is 25.2 Å². The van der Waals surface area contributed by atoms with Gasteiger partial charge >= 0.3 is 0 Å². The maximum absolute atomic E-state index is 13.8. The molecule has 86 valence electrons. The highest BCUT2D eigenvalue weighted by atomic mass is 19.1. The molecule has 16 heavy (non-hydrogen) atoms. The van der Waals surface area contributed by atoms with Gasteiger partial charge in [-0.15, -0.1) is 0 Å². The molecule has 1 heterocycles. The predicted octanol–water partition coefficient (Wildman–Crippen LogP) is 2.16. The van der Waals surface area contributed by atoms with Crippen LogP contribution in [0.2, 0.25) is 0 Å². The first-order chi connectivity index (χ1) is 7.86. The van der Waals surface area contributed by atoms with E-state index >= 15 is 0 Å². The molecule has 0 unspecified atom stereocenters. The van der Waals surface area contributed by atoms with Crippen LogP contribution in [0.5, 0.6) is 0 Å². The maximum atomic E-state index is 13.8. The first-order valence-corrected chi connectivity index (χ1v) is 6.11. The normalized spacial score (nSPS) is 29.2. The third-order valence-electron chi connectivity index (χ3n) is 3.80. The Bertz CT molecular complexity index is 380. The van der Waals surface area contributed by atoms with Gasteiger partial charge in [-0.2, -0.15) is 0 Å². The van der Waals surface area contributed by atoms with Gasteiger partial charge in [0.15, 0.2) is 0 Å². The second-order valence-corrected chi connectivity index (χ2v) is 4.70. The number of rotatable bonds is 1. The molecule has 0 aromatic heterocycles. The van der Waals surface area contributed by atoms with E-state index in [2.05, 4.69) is 10.2 Å². The van der Waals surface area contributed by atoms with Gasteiger partial charge < -0.3 is 10.2 Å². The van der Waals surface area contributed by atoms with E-state index in [9.17, 15) is 4.39 Å². The molecule has 1 saturated carbocycles. The molecule has 1 aliphatic heterocycles. The van der Waals surface area contributed by atoms with Crippen molar-refractivity contribution in [2.24, 2.45) is 0 Å². The zero-order valence-corrected chi connectivity index (χ0v) is 9.32. The summed E-state index contributed by atoms with van der Waals surface area (Å²) in [5.41, 5.74) is 0.779. The van der Waals surface area contributed by atoms with Crippen LogP contribution >= 0.6 is 0 Å². The molecule has 1 aromatic rings. The number of anilines is 1. The Morgan fingerprint density at radius 2 is 2.12 bits per heavy atom. The zero-order valence-electron chi connectivity index (χ0n) is 9.32. The molecule has 2 aliphatic rings. The highest BCUT2D eigenvalue weighted by Crippen LogP contribution is 2.31. The topological polar surface area (TPSA) is 15.3 Å². The lowest BCUT2D eigenvalue weighted by molar-refractivity contribution is 0.400. The largest absolute Gasteiger partial charge is 0.363 e. The van der Waals surface area contributed by atoms with Crippen LogP contribution in [0.4, 0.5) is 10.1 Å². The van der Waals surface area contributed by atoms with E-state index in [4.69, 9.17) is 0 Å². The summed E-state index contributed by atoms with van der Waals surface area (Å²) in [5.74, 6) is -0.0879. The number of hydrogen-bond donors (Lipinski definition) is 1. The molecule has 0 bridgehead atoms. The van der Waals surface area contributed by atoms with Crippen molar-refractivity contribution in [2.45, 2.75) is 31.3 Å². The molecule has 1 N–H and O–H groups in total. The molecule has 1 aliphatic carbocycles. The summed E-state index contributed by atoms with van der Waals surface area (Å²) < 4.78 is 13.8. The third kappa shape index (κ3) is 1.59. The van der Waals surface area contributed by atoms with Crippen molar-refractivity contribution < 1.29 is 4.39 Å². The number of nitrogens with one attached hydrogen (secondary N) is 1. The minimum Gasteiger partial charge on any atom is -0.363 e. The molecule has 0 radical (unpaired) electrons. The average molecular weight is 220 g/mol. The van der Waals surface area contributed by atoms with Crippen LogP contribution in [-0.2, 0) is 0 Å². The number of para-hydroxylation sites is 1. The van der Waals surface area contributed by atoms with Crippen molar-refractivity contribution in [3.63, 3.8) is 0 Å². The number of fused-ring (bicyclic) bond motifs is 1. The lowest BCUT2D eigenvalue weighted by Crippen LogP contribution is -2.55. The summed E-state index contributed by atoms with van der Waals surface area (Å²) in [6.07, 6.45) is 3.68. The Kier molecular flexibility index (Phi) is 2.56. The molecular formula is C13H17FN2. The van der Waals surface area contributed by atoms with Crippen molar-refractivity contribution in [3.8, 4) is 0 Å². The van der Waals surface area contributed by atoms with Gasteiger partial charge in [0.1, 0.15) is 5.82 Å². The third-order valence-corrected chi connectivity index (χ3v) is 3.80. The summed E-state index contributed by atoms with van der Waals surface area (Å²) in [4.78, 5) is 2.25.